The molecule has 28 heavy (non-hydrogen) atoms. The quantitative estimate of drug-likeness (QED) is 0.506. The number of hydrogen-bond acceptors (Lipinski definition) is 4. The summed E-state index contributed by atoms with van der Waals surface area (Å²) in [5.41, 5.74) is 4.33. The summed E-state index contributed by atoms with van der Waals surface area (Å²) in [6, 6.07) is 11.1. The smallest absolute Gasteiger partial charge is 0.339 e. The van der Waals surface area contributed by atoms with Crippen molar-refractivity contribution in [3.63, 3.8) is 0 Å². The van der Waals surface area contributed by atoms with E-state index in [1.54, 1.807) is 38.1 Å². The minimum absolute atomic E-state index is 0.106. The number of carbonyl (C=O) groups excluding carboxylic acids is 2. The molecule has 0 bridgehead atoms. The van der Waals surface area contributed by atoms with Crippen LogP contribution in [-0.4, -0.2) is 24.1 Å². The van der Waals surface area contributed by atoms with Crippen molar-refractivity contribution in [3.05, 3.63) is 81.9 Å². The van der Waals surface area contributed by atoms with Crippen LogP contribution in [0.25, 0.3) is 0 Å². The van der Waals surface area contributed by atoms with Crippen molar-refractivity contribution >= 4 is 11.9 Å². The Morgan fingerprint density at radius 3 is 1.61 bits per heavy atom. The van der Waals surface area contributed by atoms with Gasteiger partial charge in [0.05, 0.1) is 11.1 Å². The molecular formula is C24H28O4. The molecule has 0 saturated heterocycles. The van der Waals surface area contributed by atoms with Gasteiger partial charge < -0.3 is 9.47 Å². The van der Waals surface area contributed by atoms with Crippen LogP contribution in [0.1, 0.15) is 56.8 Å². The van der Waals surface area contributed by atoms with E-state index in [1.165, 1.54) is 0 Å². The van der Waals surface area contributed by atoms with Gasteiger partial charge in [-0.2, -0.15) is 0 Å². The number of carbonyl (C=O) groups is 2. The van der Waals surface area contributed by atoms with Crippen molar-refractivity contribution in [2.24, 2.45) is 0 Å². The first-order valence-corrected chi connectivity index (χ1v) is 9.23. The summed E-state index contributed by atoms with van der Waals surface area (Å²) >= 11 is 0. The van der Waals surface area contributed by atoms with Crippen molar-refractivity contribution < 1.29 is 19.1 Å². The number of ether oxygens (including phenoxy) is 2. The number of benzene rings is 2. The highest BCUT2D eigenvalue weighted by molar-refractivity contribution is 5.91. The Labute approximate surface area is 167 Å². The lowest BCUT2D eigenvalue weighted by Crippen LogP contribution is -2.38. The van der Waals surface area contributed by atoms with Gasteiger partial charge in [-0.1, -0.05) is 41.0 Å². The lowest BCUT2D eigenvalue weighted by Gasteiger charge is -2.29. The maximum Gasteiger partial charge on any atom is 0.339 e. The summed E-state index contributed by atoms with van der Waals surface area (Å²) in [5, 5.41) is 0. The van der Waals surface area contributed by atoms with Gasteiger partial charge in [0.1, 0.15) is 6.61 Å². The predicted octanol–water partition coefficient (Wildman–Crippen LogP) is 5.27. The van der Waals surface area contributed by atoms with Gasteiger partial charge in [-0.25, -0.2) is 9.59 Å². The molecule has 1 unspecified atom stereocenters. The summed E-state index contributed by atoms with van der Waals surface area (Å²) < 4.78 is 11.2. The van der Waals surface area contributed by atoms with Crippen molar-refractivity contribution in [1.82, 2.24) is 0 Å². The molecule has 0 aliphatic carbocycles. The monoisotopic (exact) mass is 380 g/mol. The van der Waals surface area contributed by atoms with Gasteiger partial charge in [0.15, 0.2) is 5.60 Å². The topological polar surface area (TPSA) is 52.6 Å². The van der Waals surface area contributed by atoms with Crippen molar-refractivity contribution in [2.45, 2.75) is 47.1 Å². The molecule has 2 aromatic carbocycles. The third kappa shape index (κ3) is 5.32. The lowest BCUT2D eigenvalue weighted by atomic mass is 9.99. The summed E-state index contributed by atoms with van der Waals surface area (Å²) in [6.07, 6.45) is 0. The molecular weight excluding hydrogens is 352 g/mol. The zero-order valence-electron chi connectivity index (χ0n) is 17.5. The molecule has 0 amide bonds. The fraction of sp³-hybridized carbons (Fsp3) is 0.333. The van der Waals surface area contributed by atoms with E-state index < -0.39 is 17.5 Å². The molecule has 0 radical (unpaired) electrons. The van der Waals surface area contributed by atoms with E-state index in [9.17, 15) is 9.59 Å². The Morgan fingerprint density at radius 1 is 0.821 bits per heavy atom. The molecule has 0 spiro atoms. The molecule has 0 aromatic heterocycles. The van der Waals surface area contributed by atoms with Gasteiger partial charge in [-0.15, -0.1) is 0 Å². The van der Waals surface area contributed by atoms with Crippen LogP contribution in [0.4, 0.5) is 0 Å². The first-order valence-electron chi connectivity index (χ1n) is 9.23. The van der Waals surface area contributed by atoms with Crippen molar-refractivity contribution in [3.8, 4) is 0 Å². The second-order valence-electron chi connectivity index (χ2n) is 7.73. The van der Waals surface area contributed by atoms with Crippen LogP contribution in [0.3, 0.4) is 0 Å². The molecule has 0 aliphatic heterocycles. The number of rotatable bonds is 6. The van der Waals surface area contributed by atoms with Gasteiger partial charge in [-0.3, -0.25) is 0 Å². The largest absolute Gasteiger partial charge is 0.457 e. The molecule has 0 fully saturated rings. The van der Waals surface area contributed by atoms with Crippen LogP contribution in [0, 0.1) is 27.7 Å². The Balaban J connectivity index is 2.15. The zero-order valence-corrected chi connectivity index (χ0v) is 17.5. The van der Waals surface area contributed by atoms with Crippen LogP contribution in [0.2, 0.25) is 0 Å². The van der Waals surface area contributed by atoms with Gasteiger partial charge in [0.25, 0.3) is 0 Å². The van der Waals surface area contributed by atoms with Gasteiger partial charge in [0.2, 0.25) is 0 Å². The number of hydrogen-bond donors (Lipinski definition) is 0. The summed E-state index contributed by atoms with van der Waals surface area (Å²) in [7, 11) is 0. The second-order valence-corrected chi connectivity index (χ2v) is 7.73. The molecule has 0 heterocycles. The zero-order chi connectivity index (χ0) is 21.1. The maximum atomic E-state index is 12.7. The second kappa shape index (κ2) is 8.42. The van der Waals surface area contributed by atoms with Crippen LogP contribution in [-0.2, 0) is 9.47 Å². The van der Waals surface area contributed by atoms with E-state index in [4.69, 9.17) is 9.47 Å². The summed E-state index contributed by atoms with van der Waals surface area (Å²) in [4.78, 5) is 25.1. The van der Waals surface area contributed by atoms with Gasteiger partial charge in [0, 0.05) is 0 Å². The fourth-order valence-corrected chi connectivity index (χ4v) is 2.97. The highest BCUT2D eigenvalue weighted by Crippen LogP contribution is 2.24. The lowest BCUT2D eigenvalue weighted by molar-refractivity contribution is -0.0286. The highest BCUT2D eigenvalue weighted by Gasteiger charge is 2.32. The van der Waals surface area contributed by atoms with E-state index in [-0.39, 0.29) is 6.61 Å². The molecule has 0 saturated carbocycles. The van der Waals surface area contributed by atoms with E-state index >= 15 is 0 Å². The summed E-state index contributed by atoms with van der Waals surface area (Å²) in [5.74, 6) is -0.929. The van der Waals surface area contributed by atoms with Gasteiger partial charge in [-0.05, 0) is 71.4 Å². The SMILES string of the molecule is C=C(C)C(C)(COC(=O)c1cc(C)cc(C)c1)OC(=O)c1cc(C)cc(C)c1. The van der Waals surface area contributed by atoms with E-state index in [1.807, 2.05) is 39.8 Å². The Morgan fingerprint density at radius 2 is 1.21 bits per heavy atom. The molecule has 148 valence electrons. The molecule has 4 nitrogen and oxygen atoms in total. The van der Waals surface area contributed by atoms with Crippen LogP contribution < -0.4 is 0 Å². The Hall–Kier alpha value is -2.88. The maximum absolute atomic E-state index is 12.7. The van der Waals surface area contributed by atoms with Crippen LogP contribution >= 0.6 is 0 Å². The molecule has 4 heteroatoms. The molecule has 2 rings (SSSR count). The standard InChI is InChI=1S/C24H28O4/c1-15(2)24(7,28-23(26)21-12-18(5)9-19(6)13-21)14-27-22(25)20-10-16(3)8-17(4)11-20/h8-13H,1,14H2,2-7H3. The first-order chi connectivity index (χ1) is 13.0. The van der Waals surface area contributed by atoms with Gasteiger partial charge >= 0.3 is 11.9 Å². The van der Waals surface area contributed by atoms with E-state index in [0.717, 1.165) is 22.3 Å². The predicted molar refractivity (Wildman–Crippen MR) is 111 cm³/mol. The number of aryl methyl sites for hydroxylation is 4. The highest BCUT2D eigenvalue weighted by atomic mass is 16.6. The number of esters is 2. The average molecular weight is 380 g/mol. The minimum Gasteiger partial charge on any atom is -0.457 e. The minimum atomic E-state index is -1.12. The molecule has 0 N–H and O–H groups in total. The van der Waals surface area contributed by atoms with Crippen LogP contribution in [0.5, 0.6) is 0 Å². The average Bonchev–Trinajstić information content (AvgIpc) is 2.57. The fourth-order valence-electron chi connectivity index (χ4n) is 2.97. The molecule has 1 atom stereocenters. The third-order valence-electron chi connectivity index (χ3n) is 4.61. The molecule has 0 aliphatic rings. The van der Waals surface area contributed by atoms with E-state index in [2.05, 4.69) is 6.58 Å². The van der Waals surface area contributed by atoms with Crippen molar-refractivity contribution in [2.75, 3.05) is 6.61 Å². The first kappa shape index (κ1) is 21.4. The Kier molecular flexibility index (Phi) is 6.45. The third-order valence-corrected chi connectivity index (χ3v) is 4.61. The van der Waals surface area contributed by atoms with E-state index in [0.29, 0.717) is 16.7 Å². The normalized spacial score (nSPS) is 12.8. The van der Waals surface area contributed by atoms with Crippen molar-refractivity contribution in [1.29, 1.82) is 0 Å². The molecule has 2 aromatic rings. The van der Waals surface area contributed by atoms with Crippen LogP contribution in [0.15, 0.2) is 48.6 Å². The summed E-state index contributed by atoms with van der Waals surface area (Å²) in [6.45, 7) is 15.0. The Bertz CT molecular complexity index is 886.